The molecule has 1 aromatic rings. The predicted octanol–water partition coefficient (Wildman–Crippen LogP) is 3.04. The van der Waals surface area contributed by atoms with Crippen LogP contribution in [0.4, 0.5) is 0 Å². The Morgan fingerprint density at radius 1 is 1.33 bits per heavy atom. The van der Waals surface area contributed by atoms with Gasteiger partial charge in [-0.3, -0.25) is 5.32 Å². The van der Waals surface area contributed by atoms with Crippen molar-refractivity contribution in [2.75, 3.05) is 0 Å². The molecule has 0 saturated carbocycles. The molecule has 0 saturated heterocycles. The summed E-state index contributed by atoms with van der Waals surface area (Å²) in [6, 6.07) is 4.58. The lowest BCUT2D eigenvalue weighted by Gasteiger charge is -2.33. The molecule has 3 N–H and O–H groups in total. The SMILES string of the molecule is Cc1ccc(C2N=C(NC3=NC4CC=CC=C4O3)NC3=C2C(O)CCC3)s1. The van der Waals surface area contributed by atoms with E-state index in [-0.39, 0.29) is 12.1 Å². The summed E-state index contributed by atoms with van der Waals surface area (Å²) in [5.41, 5.74) is 2.07. The van der Waals surface area contributed by atoms with E-state index in [1.54, 1.807) is 11.3 Å². The minimum absolute atomic E-state index is 0.0590. The molecule has 27 heavy (non-hydrogen) atoms. The first-order valence-electron chi connectivity index (χ1n) is 9.39. The molecule has 3 unspecified atom stereocenters. The van der Waals surface area contributed by atoms with Crippen LogP contribution in [0.25, 0.3) is 0 Å². The summed E-state index contributed by atoms with van der Waals surface area (Å²) in [5.74, 6) is 1.50. The minimum Gasteiger partial charge on any atom is -0.428 e. The molecule has 2 aliphatic heterocycles. The molecule has 5 rings (SSSR count). The number of hydrogen-bond acceptors (Lipinski definition) is 7. The maximum atomic E-state index is 10.6. The molecule has 4 aliphatic rings. The maximum absolute atomic E-state index is 10.6. The molecule has 2 aliphatic carbocycles. The average Bonchev–Trinajstić information content (AvgIpc) is 3.26. The molecule has 0 spiro atoms. The number of guanidine groups is 1. The summed E-state index contributed by atoms with van der Waals surface area (Å²) < 4.78 is 5.84. The number of aryl methyl sites for hydroxylation is 1. The molecule has 140 valence electrons. The van der Waals surface area contributed by atoms with Crippen molar-refractivity contribution in [3.05, 3.63) is 57.1 Å². The van der Waals surface area contributed by atoms with Crippen LogP contribution in [0.5, 0.6) is 0 Å². The third kappa shape index (κ3) is 3.11. The van der Waals surface area contributed by atoms with Gasteiger partial charge in [-0.05, 0) is 50.8 Å². The Morgan fingerprint density at radius 2 is 2.26 bits per heavy atom. The zero-order valence-electron chi connectivity index (χ0n) is 15.1. The lowest BCUT2D eigenvalue weighted by molar-refractivity contribution is 0.179. The van der Waals surface area contributed by atoms with Gasteiger partial charge in [-0.1, -0.05) is 12.2 Å². The van der Waals surface area contributed by atoms with Crippen molar-refractivity contribution in [3.8, 4) is 0 Å². The van der Waals surface area contributed by atoms with Gasteiger partial charge in [0.25, 0.3) is 6.02 Å². The van der Waals surface area contributed by atoms with Gasteiger partial charge in [-0.25, -0.2) is 9.98 Å². The number of hydrogen-bond donors (Lipinski definition) is 3. The standard InChI is InChI=1S/C20H22N4O2S/c1-11-9-10-16(27-11)18-17-13(6-4-7-14(17)25)21-19(23-18)24-20-22-12-5-2-3-8-15(12)26-20/h2-3,8-10,12,14,18,25H,4-7H2,1H3,(H2,21,22,23,24). The molecule has 1 aromatic heterocycles. The van der Waals surface area contributed by atoms with Crippen LogP contribution in [-0.4, -0.2) is 29.2 Å². The number of rotatable bonds is 1. The quantitative estimate of drug-likeness (QED) is 0.698. The fourth-order valence-corrected chi connectivity index (χ4v) is 4.90. The number of thiophene rings is 1. The summed E-state index contributed by atoms with van der Waals surface area (Å²) in [5, 5.41) is 17.2. The highest BCUT2D eigenvalue weighted by molar-refractivity contribution is 7.12. The van der Waals surface area contributed by atoms with Gasteiger partial charge in [0.15, 0.2) is 0 Å². The normalized spacial score (nSPS) is 29.1. The number of ether oxygens (including phenoxy) is 1. The summed E-state index contributed by atoms with van der Waals surface area (Å²) in [4.78, 5) is 11.9. The zero-order chi connectivity index (χ0) is 18.4. The first-order valence-corrected chi connectivity index (χ1v) is 10.2. The Hall–Kier alpha value is -2.38. The molecular weight excluding hydrogens is 360 g/mol. The van der Waals surface area contributed by atoms with Crippen molar-refractivity contribution in [1.29, 1.82) is 0 Å². The van der Waals surface area contributed by atoms with Crippen LogP contribution >= 0.6 is 11.3 Å². The molecule has 0 radical (unpaired) electrons. The largest absolute Gasteiger partial charge is 0.428 e. The highest BCUT2D eigenvalue weighted by Crippen LogP contribution is 2.40. The van der Waals surface area contributed by atoms with Gasteiger partial charge in [-0.15, -0.1) is 11.3 Å². The Morgan fingerprint density at radius 3 is 3.07 bits per heavy atom. The van der Waals surface area contributed by atoms with Crippen LogP contribution < -0.4 is 10.6 Å². The molecule has 7 heteroatoms. The van der Waals surface area contributed by atoms with Gasteiger partial charge in [0, 0.05) is 21.0 Å². The van der Waals surface area contributed by atoms with Crippen molar-refractivity contribution in [2.24, 2.45) is 9.98 Å². The van der Waals surface area contributed by atoms with Crippen LogP contribution in [0.3, 0.4) is 0 Å². The van der Waals surface area contributed by atoms with Gasteiger partial charge >= 0.3 is 0 Å². The van der Waals surface area contributed by atoms with Crippen molar-refractivity contribution < 1.29 is 9.84 Å². The topological polar surface area (TPSA) is 78.2 Å². The van der Waals surface area contributed by atoms with Crippen molar-refractivity contribution >= 4 is 23.3 Å². The summed E-state index contributed by atoms with van der Waals surface area (Å²) in [6.45, 7) is 2.09. The third-order valence-corrected chi connectivity index (χ3v) is 6.31. The second-order valence-corrected chi connectivity index (χ2v) is 8.53. The molecule has 0 bridgehead atoms. The summed E-state index contributed by atoms with van der Waals surface area (Å²) in [7, 11) is 0. The maximum Gasteiger partial charge on any atom is 0.297 e. The second kappa shape index (κ2) is 6.65. The molecular formula is C20H22N4O2S. The fourth-order valence-electron chi connectivity index (χ4n) is 3.96. The van der Waals surface area contributed by atoms with Crippen LogP contribution in [0.2, 0.25) is 0 Å². The smallest absolute Gasteiger partial charge is 0.297 e. The van der Waals surface area contributed by atoms with E-state index < -0.39 is 6.10 Å². The third-order valence-electron chi connectivity index (χ3n) is 5.26. The monoisotopic (exact) mass is 382 g/mol. The van der Waals surface area contributed by atoms with Crippen LogP contribution in [0.15, 0.2) is 57.4 Å². The van der Waals surface area contributed by atoms with Gasteiger partial charge in [0.05, 0.1) is 6.10 Å². The fraction of sp³-hybridized carbons (Fsp3) is 0.400. The number of fused-ring (bicyclic) bond motifs is 1. The lowest BCUT2D eigenvalue weighted by Crippen LogP contribution is -2.45. The van der Waals surface area contributed by atoms with E-state index in [0.717, 1.165) is 47.6 Å². The van der Waals surface area contributed by atoms with Crippen molar-refractivity contribution in [2.45, 2.75) is 50.8 Å². The van der Waals surface area contributed by atoms with E-state index in [9.17, 15) is 5.11 Å². The molecule has 0 amide bonds. The lowest BCUT2D eigenvalue weighted by atomic mass is 9.87. The highest BCUT2D eigenvalue weighted by atomic mass is 32.1. The minimum atomic E-state index is -0.446. The molecule has 6 nitrogen and oxygen atoms in total. The second-order valence-electron chi connectivity index (χ2n) is 7.21. The van der Waals surface area contributed by atoms with E-state index in [4.69, 9.17) is 9.73 Å². The molecule has 3 atom stereocenters. The van der Waals surface area contributed by atoms with E-state index in [1.165, 1.54) is 4.88 Å². The van der Waals surface area contributed by atoms with E-state index in [0.29, 0.717) is 12.0 Å². The van der Waals surface area contributed by atoms with Crippen LogP contribution in [-0.2, 0) is 4.74 Å². The number of aliphatic imine (C=N–C) groups is 2. The number of aliphatic hydroxyl groups is 1. The van der Waals surface area contributed by atoms with Gasteiger partial charge < -0.3 is 15.2 Å². The first kappa shape index (κ1) is 16.8. The Balaban J connectivity index is 1.44. The summed E-state index contributed by atoms with van der Waals surface area (Å²) >= 11 is 1.73. The van der Waals surface area contributed by atoms with Crippen molar-refractivity contribution in [3.63, 3.8) is 0 Å². The van der Waals surface area contributed by atoms with Gasteiger partial charge in [-0.2, -0.15) is 0 Å². The van der Waals surface area contributed by atoms with Crippen LogP contribution in [0, 0.1) is 6.92 Å². The predicted molar refractivity (Wildman–Crippen MR) is 107 cm³/mol. The zero-order valence-corrected chi connectivity index (χ0v) is 15.9. The number of nitrogens with one attached hydrogen (secondary N) is 2. The van der Waals surface area contributed by atoms with Gasteiger partial charge in [0.1, 0.15) is 17.8 Å². The number of allylic oxidation sites excluding steroid dienone is 3. The number of amidine groups is 1. The summed E-state index contributed by atoms with van der Waals surface area (Å²) in [6.07, 6.45) is 9.13. The average molecular weight is 382 g/mol. The van der Waals surface area contributed by atoms with Gasteiger partial charge in [0.2, 0.25) is 5.96 Å². The Labute approximate surface area is 162 Å². The molecule has 0 fully saturated rings. The van der Waals surface area contributed by atoms with E-state index in [2.05, 4.69) is 40.8 Å². The first-order chi connectivity index (χ1) is 13.2. The van der Waals surface area contributed by atoms with E-state index in [1.807, 2.05) is 12.2 Å². The van der Waals surface area contributed by atoms with Crippen molar-refractivity contribution in [1.82, 2.24) is 10.6 Å². The van der Waals surface area contributed by atoms with E-state index >= 15 is 0 Å². The Kier molecular flexibility index (Phi) is 4.13. The molecule has 3 heterocycles. The molecule has 0 aromatic carbocycles. The van der Waals surface area contributed by atoms with Crippen LogP contribution in [0.1, 0.15) is 41.5 Å². The Bertz CT molecular complexity index is 924. The highest BCUT2D eigenvalue weighted by Gasteiger charge is 2.34. The number of nitrogens with zero attached hydrogens (tertiary/aromatic N) is 2. The number of aliphatic hydroxyl groups excluding tert-OH is 1.